The molecule has 1 aromatic carbocycles. The van der Waals surface area contributed by atoms with Gasteiger partial charge in [-0.1, -0.05) is 19.1 Å². The Hall–Kier alpha value is -1.59. The number of hydrogen-bond donors (Lipinski definition) is 1. The van der Waals surface area contributed by atoms with Gasteiger partial charge in [0.2, 0.25) is 0 Å². The first kappa shape index (κ1) is 13.4. The molecule has 0 amide bonds. The number of rotatable bonds is 3. The fraction of sp³-hybridized carbons (Fsp3) is 0.333. The Bertz CT molecular complexity index is 665. The molecule has 4 nitrogen and oxygen atoms in total. The first-order valence-corrected chi connectivity index (χ1v) is 7.69. The van der Waals surface area contributed by atoms with Crippen molar-refractivity contribution in [2.24, 2.45) is 0 Å². The van der Waals surface area contributed by atoms with Crippen molar-refractivity contribution < 1.29 is 4.74 Å². The summed E-state index contributed by atoms with van der Waals surface area (Å²) in [5, 5.41) is 0. The molecule has 3 rings (SSSR count). The summed E-state index contributed by atoms with van der Waals surface area (Å²) in [6.07, 6.45) is 0.704. The van der Waals surface area contributed by atoms with E-state index in [0.717, 1.165) is 17.0 Å². The second kappa shape index (κ2) is 5.81. The molecular weight excluding hydrogens is 272 g/mol. The highest BCUT2D eigenvalue weighted by atomic mass is 32.2. The minimum absolute atomic E-state index is 0.0864. The van der Waals surface area contributed by atoms with Gasteiger partial charge in [-0.3, -0.25) is 4.79 Å². The molecule has 0 unspecified atom stereocenters. The van der Waals surface area contributed by atoms with Crippen LogP contribution in [0.3, 0.4) is 0 Å². The van der Waals surface area contributed by atoms with Crippen LogP contribution in [0.1, 0.15) is 18.2 Å². The average Bonchev–Trinajstić information content (AvgIpc) is 2.48. The molecule has 2 heterocycles. The molecule has 0 aliphatic carbocycles. The van der Waals surface area contributed by atoms with Crippen LogP contribution in [0, 0.1) is 0 Å². The zero-order valence-electron chi connectivity index (χ0n) is 11.3. The molecule has 20 heavy (non-hydrogen) atoms. The van der Waals surface area contributed by atoms with Gasteiger partial charge in [0.1, 0.15) is 5.82 Å². The zero-order valence-corrected chi connectivity index (χ0v) is 12.1. The van der Waals surface area contributed by atoms with E-state index in [1.807, 2.05) is 12.1 Å². The summed E-state index contributed by atoms with van der Waals surface area (Å²) >= 11 is 1.80. The van der Waals surface area contributed by atoms with Gasteiger partial charge in [-0.15, -0.1) is 11.8 Å². The number of aromatic amines is 1. The quantitative estimate of drug-likeness (QED) is 0.882. The smallest absolute Gasteiger partial charge is 0.256 e. The maximum atomic E-state index is 12.0. The van der Waals surface area contributed by atoms with Crippen LogP contribution < -0.4 is 5.56 Å². The van der Waals surface area contributed by atoms with Crippen molar-refractivity contribution >= 4 is 11.8 Å². The van der Waals surface area contributed by atoms with Crippen LogP contribution in [0.15, 0.2) is 34.0 Å². The number of nitrogens with one attached hydrogen (secondary N) is 1. The highest BCUT2D eigenvalue weighted by Gasteiger charge is 2.16. The lowest BCUT2D eigenvalue weighted by atomic mass is 10.1. The standard InChI is InChI=1S/C15H16N2O2S/c1-2-20-11-5-3-10(4-6-11)14-16-13-7-8-19-9-12(13)15(18)17-14/h3-6H,2,7-9H2,1H3,(H,16,17,18). The Balaban J connectivity index is 1.97. The molecule has 1 N–H and O–H groups in total. The monoisotopic (exact) mass is 288 g/mol. The lowest BCUT2D eigenvalue weighted by molar-refractivity contribution is 0.108. The lowest BCUT2D eigenvalue weighted by Crippen LogP contribution is -2.24. The summed E-state index contributed by atoms with van der Waals surface area (Å²) in [7, 11) is 0. The molecule has 1 aliphatic heterocycles. The molecule has 104 valence electrons. The number of hydrogen-bond acceptors (Lipinski definition) is 4. The van der Waals surface area contributed by atoms with Gasteiger partial charge in [0, 0.05) is 16.9 Å². The SMILES string of the molecule is CCSc1ccc(-c2nc3c(c(=O)[nH]2)COCC3)cc1. The van der Waals surface area contributed by atoms with Crippen LogP contribution in [0.4, 0.5) is 0 Å². The summed E-state index contributed by atoms with van der Waals surface area (Å²) < 4.78 is 5.30. The Morgan fingerprint density at radius 1 is 1.35 bits per heavy atom. The minimum atomic E-state index is -0.0864. The zero-order chi connectivity index (χ0) is 13.9. The largest absolute Gasteiger partial charge is 0.376 e. The Labute approximate surface area is 121 Å². The van der Waals surface area contributed by atoms with E-state index in [-0.39, 0.29) is 5.56 Å². The van der Waals surface area contributed by atoms with Crippen LogP contribution in [-0.2, 0) is 17.8 Å². The van der Waals surface area contributed by atoms with Crippen molar-refractivity contribution in [1.82, 2.24) is 9.97 Å². The van der Waals surface area contributed by atoms with Gasteiger partial charge in [-0.25, -0.2) is 4.98 Å². The summed E-state index contributed by atoms with van der Waals surface area (Å²) in [5.41, 5.74) is 2.38. The van der Waals surface area contributed by atoms with Crippen LogP contribution in [0.25, 0.3) is 11.4 Å². The van der Waals surface area contributed by atoms with Crippen molar-refractivity contribution in [2.75, 3.05) is 12.4 Å². The first-order valence-electron chi connectivity index (χ1n) is 6.71. The molecule has 0 saturated carbocycles. The van der Waals surface area contributed by atoms with Crippen molar-refractivity contribution in [2.45, 2.75) is 24.8 Å². The van der Waals surface area contributed by atoms with Gasteiger partial charge in [0.25, 0.3) is 5.56 Å². The van der Waals surface area contributed by atoms with E-state index in [9.17, 15) is 4.79 Å². The topological polar surface area (TPSA) is 55.0 Å². The summed E-state index contributed by atoms with van der Waals surface area (Å²) in [6, 6.07) is 8.13. The second-order valence-corrected chi connectivity index (χ2v) is 5.94. The molecule has 0 atom stereocenters. The van der Waals surface area contributed by atoms with Crippen LogP contribution in [0.2, 0.25) is 0 Å². The maximum Gasteiger partial charge on any atom is 0.256 e. The number of ether oxygens (including phenoxy) is 1. The fourth-order valence-electron chi connectivity index (χ4n) is 2.26. The highest BCUT2D eigenvalue weighted by Crippen LogP contribution is 2.22. The Kier molecular flexibility index (Phi) is 3.89. The summed E-state index contributed by atoms with van der Waals surface area (Å²) in [6.45, 7) is 3.13. The molecule has 1 aromatic heterocycles. The fourth-order valence-corrected chi connectivity index (χ4v) is 2.92. The van der Waals surface area contributed by atoms with Crippen LogP contribution in [-0.4, -0.2) is 22.3 Å². The normalized spacial score (nSPS) is 14.1. The van der Waals surface area contributed by atoms with E-state index in [2.05, 4.69) is 29.0 Å². The number of aromatic nitrogens is 2. The molecular formula is C15H16N2O2S. The number of thioether (sulfide) groups is 1. The molecule has 0 spiro atoms. The predicted molar refractivity (Wildman–Crippen MR) is 80.1 cm³/mol. The Morgan fingerprint density at radius 3 is 2.90 bits per heavy atom. The third-order valence-electron chi connectivity index (χ3n) is 3.27. The summed E-state index contributed by atoms with van der Waals surface area (Å²) in [5.74, 6) is 1.69. The second-order valence-electron chi connectivity index (χ2n) is 4.60. The van der Waals surface area contributed by atoms with E-state index >= 15 is 0 Å². The molecule has 0 fully saturated rings. The number of nitrogens with zero attached hydrogens (tertiary/aromatic N) is 1. The van der Waals surface area contributed by atoms with Gasteiger partial charge in [-0.2, -0.15) is 0 Å². The average molecular weight is 288 g/mol. The molecule has 5 heteroatoms. The first-order chi connectivity index (χ1) is 9.78. The number of benzene rings is 1. The van der Waals surface area contributed by atoms with Crippen molar-refractivity contribution in [3.8, 4) is 11.4 Å². The predicted octanol–water partition coefficient (Wildman–Crippen LogP) is 2.62. The van der Waals surface area contributed by atoms with Gasteiger partial charge in [0.15, 0.2) is 0 Å². The van der Waals surface area contributed by atoms with Gasteiger partial charge >= 0.3 is 0 Å². The van der Waals surface area contributed by atoms with E-state index in [1.165, 1.54) is 4.90 Å². The number of H-pyrrole nitrogens is 1. The highest BCUT2D eigenvalue weighted by molar-refractivity contribution is 7.99. The van der Waals surface area contributed by atoms with E-state index in [0.29, 0.717) is 31.0 Å². The summed E-state index contributed by atoms with van der Waals surface area (Å²) in [4.78, 5) is 20.7. The third kappa shape index (κ3) is 2.64. The van der Waals surface area contributed by atoms with Crippen molar-refractivity contribution in [1.29, 1.82) is 0 Å². The van der Waals surface area contributed by atoms with E-state index in [1.54, 1.807) is 11.8 Å². The molecule has 2 aromatic rings. The molecule has 0 bridgehead atoms. The van der Waals surface area contributed by atoms with Crippen LogP contribution >= 0.6 is 11.8 Å². The van der Waals surface area contributed by atoms with E-state index < -0.39 is 0 Å². The molecule has 1 aliphatic rings. The third-order valence-corrected chi connectivity index (χ3v) is 4.16. The van der Waals surface area contributed by atoms with Crippen molar-refractivity contribution in [3.63, 3.8) is 0 Å². The lowest BCUT2D eigenvalue weighted by Gasteiger charge is -2.15. The minimum Gasteiger partial charge on any atom is -0.376 e. The van der Waals surface area contributed by atoms with Gasteiger partial charge in [-0.05, 0) is 17.9 Å². The van der Waals surface area contributed by atoms with Gasteiger partial charge in [0.05, 0.1) is 24.5 Å². The molecule has 0 radical (unpaired) electrons. The van der Waals surface area contributed by atoms with Crippen LogP contribution in [0.5, 0.6) is 0 Å². The van der Waals surface area contributed by atoms with Crippen molar-refractivity contribution in [3.05, 3.63) is 45.9 Å². The number of fused-ring (bicyclic) bond motifs is 1. The Morgan fingerprint density at radius 2 is 2.15 bits per heavy atom. The van der Waals surface area contributed by atoms with Gasteiger partial charge < -0.3 is 9.72 Å². The maximum absolute atomic E-state index is 12.0. The molecule has 0 saturated heterocycles. The van der Waals surface area contributed by atoms with E-state index in [4.69, 9.17) is 4.74 Å².